The normalized spacial score (nSPS) is 13.5. The van der Waals surface area contributed by atoms with Crippen molar-refractivity contribution in [2.45, 2.75) is 194 Å². The van der Waals surface area contributed by atoms with Crippen LogP contribution in [0.5, 0.6) is 0 Å². The molecule has 0 aromatic heterocycles. The Morgan fingerprint density at radius 1 is 0.391 bits per heavy atom. The summed E-state index contributed by atoms with van der Waals surface area (Å²) in [6.07, 6.45) is 32.9. The third-order valence-corrected chi connectivity index (χ3v) is 12.2. The van der Waals surface area contributed by atoms with Gasteiger partial charge in [-0.1, -0.05) is 181 Å². The van der Waals surface area contributed by atoms with Crippen molar-refractivity contribution in [3.05, 3.63) is 0 Å². The predicted octanol–water partition coefficient (Wildman–Crippen LogP) is 12.3. The first kappa shape index (κ1) is 49.0. The van der Waals surface area contributed by atoms with E-state index in [0.29, 0.717) is 12.8 Å². The summed E-state index contributed by atoms with van der Waals surface area (Å²) in [4.78, 5) is 27.5. The average Bonchev–Trinajstić information content (AvgIpc) is 2.95. The molecule has 3 N–H and O–H groups in total. The van der Waals surface area contributed by atoms with Gasteiger partial charge in [0.2, 0.25) is 0 Å². The van der Waals surface area contributed by atoms with Crippen LogP contribution in [-0.2, 0) is 48.4 Å². The summed E-state index contributed by atoms with van der Waals surface area (Å²) in [5.41, 5.74) is 0. The van der Waals surface area contributed by atoms with Crippen molar-refractivity contribution >= 4 is 23.5 Å². The van der Waals surface area contributed by atoms with Gasteiger partial charge in [-0.2, -0.15) is 8.62 Å². The number of unbranched alkanes of at least 4 members (excludes halogenated alkanes) is 26. The molecule has 0 rings (SSSR count). The Balaban J connectivity index is 0. The minimum Gasteiger partial charge on any atom is -0.302 e. The van der Waals surface area contributed by atoms with Gasteiger partial charge in [-0.05, 0) is 12.8 Å². The van der Waals surface area contributed by atoms with E-state index in [1.807, 2.05) is 0 Å². The zero-order valence-corrected chi connectivity index (χ0v) is 32.9. The summed E-state index contributed by atoms with van der Waals surface area (Å²) >= 11 is 0. The van der Waals surface area contributed by atoms with E-state index in [2.05, 4.69) is 22.5 Å². The fourth-order valence-electron chi connectivity index (χ4n) is 5.31. The molecule has 0 aromatic rings. The summed E-state index contributed by atoms with van der Waals surface area (Å²) in [6, 6.07) is 0. The maximum Gasteiger partial charge on any atom is 0.490 e. The molecule has 0 spiro atoms. The molecule has 0 saturated carbocycles. The second kappa shape index (κ2) is 33.1. The molecule has 14 heteroatoms. The molecule has 0 fully saturated rings. The Kier molecular flexibility index (Phi) is 35.3. The van der Waals surface area contributed by atoms with E-state index in [1.165, 1.54) is 128 Å². The third kappa shape index (κ3) is 36.2. The monoisotopic (exact) mass is 762 g/mol. The molecule has 1 unspecified atom stereocenters. The van der Waals surface area contributed by atoms with Crippen molar-refractivity contribution in [2.75, 3.05) is 13.2 Å². The van der Waals surface area contributed by atoms with E-state index < -0.39 is 23.5 Å². The van der Waals surface area contributed by atoms with E-state index in [-0.39, 0.29) is 30.3 Å². The van der Waals surface area contributed by atoms with E-state index in [1.54, 1.807) is 0 Å². The van der Waals surface area contributed by atoms with Crippen LogP contribution in [0, 0.1) is 0 Å². The molecule has 46 heavy (non-hydrogen) atoms. The van der Waals surface area contributed by atoms with Crippen LogP contribution < -0.4 is 0 Å². The molecular weight excluding hydrogens is 693 g/mol. The maximum absolute atomic E-state index is 13.1. The minimum absolute atomic E-state index is 0. The molecule has 0 aliphatic rings. The number of rotatable bonds is 36. The Labute approximate surface area is 292 Å². The second-order valence-electron chi connectivity index (χ2n) is 12.4. The molecule has 280 valence electrons. The van der Waals surface area contributed by atoms with Crippen molar-refractivity contribution in [1.29, 1.82) is 0 Å². The standard InChI is InChI=1S/C32H69O10P3.Fe/c1-3-5-7-9-11-13-15-17-19-21-23-25-27-29-31-39-45(38,42-44(36,37)41-43(33,34)35)40-32-30-28-26-24-22-20-18-16-14-12-10-8-6-4-2;/h3-32H2,1-2H3,(H,36,37)(H2,33,34,35);. The summed E-state index contributed by atoms with van der Waals surface area (Å²) in [7, 11) is -15.3. The smallest absolute Gasteiger partial charge is 0.302 e. The molecule has 0 heterocycles. The zero-order chi connectivity index (χ0) is 33.5. The van der Waals surface area contributed by atoms with Crippen LogP contribution in [0.2, 0.25) is 0 Å². The largest absolute Gasteiger partial charge is 0.490 e. The van der Waals surface area contributed by atoms with Crippen molar-refractivity contribution in [3.8, 4) is 0 Å². The van der Waals surface area contributed by atoms with Gasteiger partial charge in [0.15, 0.2) is 0 Å². The molecular formula is C32H69FeO10P3. The van der Waals surface area contributed by atoms with Gasteiger partial charge >= 0.3 is 23.5 Å². The van der Waals surface area contributed by atoms with E-state index in [0.717, 1.165) is 38.5 Å². The van der Waals surface area contributed by atoms with Crippen molar-refractivity contribution < 1.29 is 63.1 Å². The van der Waals surface area contributed by atoms with Crippen LogP contribution in [0.25, 0.3) is 0 Å². The molecule has 0 aliphatic carbocycles. The predicted molar refractivity (Wildman–Crippen MR) is 184 cm³/mol. The fourth-order valence-corrected chi connectivity index (χ4v) is 8.94. The van der Waals surface area contributed by atoms with Crippen LogP contribution in [0.15, 0.2) is 0 Å². The first-order valence-corrected chi connectivity index (χ1v) is 22.7. The van der Waals surface area contributed by atoms with E-state index >= 15 is 0 Å². The Morgan fingerprint density at radius 3 is 0.870 bits per heavy atom. The topological polar surface area (TPSA) is 149 Å². The molecule has 10 nitrogen and oxygen atoms in total. The number of hydrogen-bond acceptors (Lipinski definition) is 7. The maximum atomic E-state index is 13.1. The average molecular weight is 763 g/mol. The van der Waals surface area contributed by atoms with Gasteiger partial charge in [-0.15, -0.1) is 0 Å². The van der Waals surface area contributed by atoms with Crippen molar-refractivity contribution in [2.24, 2.45) is 0 Å². The van der Waals surface area contributed by atoms with Gasteiger partial charge in [0, 0.05) is 17.1 Å². The summed E-state index contributed by atoms with van der Waals surface area (Å²) in [5, 5.41) is 0. The van der Waals surface area contributed by atoms with Crippen LogP contribution in [-0.4, -0.2) is 27.9 Å². The number of phosphoric ester groups is 1. The Morgan fingerprint density at radius 2 is 0.630 bits per heavy atom. The molecule has 0 amide bonds. The first-order valence-electron chi connectivity index (χ1n) is 18.2. The van der Waals surface area contributed by atoms with Gasteiger partial charge < -0.3 is 14.7 Å². The summed E-state index contributed by atoms with van der Waals surface area (Å²) in [5.74, 6) is 0. The molecule has 1 atom stereocenters. The van der Waals surface area contributed by atoms with Gasteiger partial charge in [-0.25, -0.2) is 13.7 Å². The van der Waals surface area contributed by atoms with Crippen LogP contribution in [0.4, 0.5) is 0 Å². The molecule has 0 radical (unpaired) electrons. The van der Waals surface area contributed by atoms with Gasteiger partial charge in [0.25, 0.3) is 0 Å². The Bertz CT molecular complexity index is 762. The molecule has 0 bridgehead atoms. The Hall–Kier alpha value is 0.929. The fraction of sp³-hybridized carbons (Fsp3) is 1.00. The van der Waals surface area contributed by atoms with Gasteiger partial charge in [0.05, 0.1) is 13.2 Å². The third-order valence-electron chi connectivity index (χ3n) is 7.91. The second-order valence-corrected chi connectivity index (χ2v) is 17.1. The van der Waals surface area contributed by atoms with Crippen LogP contribution in [0.1, 0.15) is 194 Å². The zero-order valence-electron chi connectivity index (χ0n) is 29.1. The molecule has 0 saturated heterocycles. The van der Waals surface area contributed by atoms with Gasteiger partial charge in [-0.3, -0.25) is 9.05 Å². The number of phosphoric acid groups is 3. The van der Waals surface area contributed by atoms with Crippen molar-refractivity contribution in [1.82, 2.24) is 0 Å². The van der Waals surface area contributed by atoms with Crippen molar-refractivity contribution in [3.63, 3.8) is 0 Å². The quantitative estimate of drug-likeness (QED) is 0.0320. The van der Waals surface area contributed by atoms with E-state index in [9.17, 15) is 18.6 Å². The first-order chi connectivity index (χ1) is 21.5. The minimum atomic E-state index is -5.39. The van der Waals surface area contributed by atoms with Gasteiger partial charge in [0.1, 0.15) is 0 Å². The van der Waals surface area contributed by atoms with Crippen LogP contribution in [0.3, 0.4) is 0 Å². The summed E-state index contributed by atoms with van der Waals surface area (Å²) < 4.78 is 55.0. The van der Waals surface area contributed by atoms with Crippen LogP contribution >= 0.6 is 23.5 Å². The SMILES string of the molecule is CCCCCCCCCCCCCCCCOP(=O)(OCCCCCCCCCCCCCCCC)OP(=O)(O)OP(=O)(O)O.[Fe]. The summed E-state index contributed by atoms with van der Waals surface area (Å²) in [6.45, 7) is 4.40. The molecule has 0 aliphatic heterocycles. The van der Waals surface area contributed by atoms with E-state index in [4.69, 9.17) is 18.8 Å². The molecule has 0 aromatic carbocycles. The number of hydrogen-bond donors (Lipinski definition) is 3.